The number of hydrogen-bond donors (Lipinski definition) is 1. The van der Waals surface area contributed by atoms with Crippen LogP contribution in [-0.4, -0.2) is 25.3 Å². The van der Waals surface area contributed by atoms with E-state index < -0.39 is 17.4 Å². The summed E-state index contributed by atoms with van der Waals surface area (Å²) < 4.78 is 15.6. The summed E-state index contributed by atoms with van der Waals surface area (Å²) in [5, 5.41) is 10.3. The highest BCUT2D eigenvalue weighted by molar-refractivity contribution is 6.05. The number of methoxy groups -OCH3 is 2. The molecular weight excluding hydrogens is 312 g/mol. The molecule has 0 fully saturated rings. The molecule has 1 heterocycles. The number of ether oxygens (including phenoxy) is 2. The molecular formula is C18H14O6. The molecule has 0 saturated heterocycles. The van der Waals surface area contributed by atoms with Gasteiger partial charge in [0, 0.05) is 22.6 Å². The van der Waals surface area contributed by atoms with Crippen LogP contribution < -0.4 is 15.1 Å². The number of aromatic carboxylic acids is 1. The highest BCUT2D eigenvalue weighted by Gasteiger charge is 2.23. The maximum Gasteiger partial charge on any atom is 0.372 e. The van der Waals surface area contributed by atoms with Gasteiger partial charge in [-0.05, 0) is 18.2 Å². The lowest BCUT2D eigenvalue weighted by atomic mass is 9.97. The molecule has 24 heavy (non-hydrogen) atoms. The SMILES string of the molecule is COc1ccc(-c2c(C(=O)O)oc(=O)c3ccccc23)c(OC)c1. The van der Waals surface area contributed by atoms with E-state index in [0.717, 1.165) is 0 Å². The van der Waals surface area contributed by atoms with Crippen LogP contribution in [-0.2, 0) is 0 Å². The van der Waals surface area contributed by atoms with Gasteiger partial charge in [0.05, 0.1) is 19.6 Å². The molecule has 1 N–H and O–H groups in total. The van der Waals surface area contributed by atoms with E-state index in [0.29, 0.717) is 27.8 Å². The Morgan fingerprint density at radius 3 is 2.38 bits per heavy atom. The van der Waals surface area contributed by atoms with Crippen molar-refractivity contribution in [2.24, 2.45) is 0 Å². The summed E-state index contributed by atoms with van der Waals surface area (Å²) in [6, 6.07) is 11.7. The largest absolute Gasteiger partial charge is 0.497 e. The zero-order valence-electron chi connectivity index (χ0n) is 13.0. The Labute approximate surface area is 136 Å². The summed E-state index contributed by atoms with van der Waals surface area (Å²) in [6.07, 6.45) is 0. The summed E-state index contributed by atoms with van der Waals surface area (Å²) in [4.78, 5) is 23.7. The monoisotopic (exact) mass is 326 g/mol. The summed E-state index contributed by atoms with van der Waals surface area (Å²) in [5.41, 5.74) is 0.0899. The maximum atomic E-state index is 12.1. The topological polar surface area (TPSA) is 86.0 Å². The van der Waals surface area contributed by atoms with Crippen molar-refractivity contribution < 1.29 is 23.8 Å². The first kappa shape index (κ1) is 15.6. The van der Waals surface area contributed by atoms with Crippen molar-refractivity contribution in [3.63, 3.8) is 0 Å². The number of benzene rings is 2. The van der Waals surface area contributed by atoms with Crippen LogP contribution >= 0.6 is 0 Å². The number of carboxylic acids is 1. The predicted molar refractivity (Wildman–Crippen MR) is 88.0 cm³/mol. The molecule has 0 unspecified atom stereocenters. The van der Waals surface area contributed by atoms with E-state index >= 15 is 0 Å². The lowest BCUT2D eigenvalue weighted by Gasteiger charge is -2.13. The minimum atomic E-state index is -1.33. The van der Waals surface area contributed by atoms with Crippen molar-refractivity contribution in [2.75, 3.05) is 14.2 Å². The smallest absolute Gasteiger partial charge is 0.372 e. The molecule has 0 amide bonds. The molecule has 0 spiro atoms. The van der Waals surface area contributed by atoms with Gasteiger partial charge in [-0.3, -0.25) is 0 Å². The molecule has 0 aliphatic carbocycles. The number of carboxylic acid groups (broad SMARTS) is 1. The standard InChI is InChI=1S/C18H14O6/c1-22-10-7-8-13(14(9-10)23-2)15-11-5-3-4-6-12(11)18(21)24-16(15)17(19)20/h3-9H,1-2H3,(H,19,20). The third-order valence-corrected chi connectivity index (χ3v) is 3.71. The maximum absolute atomic E-state index is 12.1. The Balaban J connectivity index is 2.45. The highest BCUT2D eigenvalue weighted by Crippen LogP contribution is 2.38. The van der Waals surface area contributed by atoms with Gasteiger partial charge in [-0.25, -0.2) is 9.59 Å². The van der Waals surface area contributed by atoms with Crippen molar-refractivity contribution >= 4 is 16.7 Å². The molecule has 2 aromatic carbocycles. The van der Waals surface area contributed by atoms with Crippen LogP contribution in [0.4, 0.5) is 0 Å². The van der Waals surface area contributed by atoms with Gasteiger partial charge in [-0.15, -0.1) is 0 Å². The molecule has 3 aromatic rings. The zero-order valence-corrected chi connectivity index (χ0v) is 13.0. The third kappa shape index (κ3) is 2.48. The molecule has 0 saturated carbocycles. The molecule has 6 heteroatoms. The second kappa shape index (κ2) is 6.08. The number of rotatable bonds is 4. The fourth-order valence-electron chi connectivity index (χ4n) is 2.62. The molecule has 0 bridgehead atoms. The Hall–Kier alpha value is -3.28. The van der Waals surface area contributed by atoms with E-state index in [9.17, 15) is 14.7 Å². The first-order chi connectivity index (χ1) is 11.6. The molecule has 1 aromatic heterocycles. The fourth-order valence-corrected chi connectivity index (χ4v) is 2.62. The lowest BCUT2D eigenvalue weighted by molar-refractivity contribution is 0.0659. The predicted octanol–water partition coefficient (Wildman–Crippen LogP) is 3.18. The lowest BCUT2D eigenvalue weighted by Crippen LogP contribution is -2.09. The van der Waals surface area contributed by atoms with Gasteiger partial charge in [0.1, 0.15) is 11.5 Å². The van der Waals surface area contributed by atoms with E-state index in [2.05, 4.69) is 0 Å². The van der Waals surface area contributed by atoms with E-state index in [-0.39, 0.29) is 5.56 Å². The van der Waals surface area contributed by atoms with Crippen LogP contribution in [0.25, 0.3) is 21.9 Å². The van der Waals surface area contributed by atoms with Crippen LogP contribution in [0.2, 0.25) is 0 Å². The number of hydrogen-bond acceptors (Lipinski definition) is 5. The first-order valence-corrected chi connectivity index (χ1v) is 7.08. The fraction of sp³-hybridized carbons (Fsp3) is 0.111. The van der Waals surface area contributed by atoms with Crippen molar-refractivity contribution in [2.45, 2.75) is 0 Å². The van der Waals surface area contributed by atoms with Gasteiger partial charge in [-0.1, -0.05) is 18.2 Å². The Bertz CT molecular complexity index is 986. The van der Waals surface area contributed by atoms with Gasteiger partial charge in [0.15, 0.2) is 0 Å². The number of carbonyl (C=O) groups is 1. The van der Waals surface area contributed by atoms with Gasteiger partial charge >= 0.3 is 11.6 Å². The normalized spacial score (nSPS) is 10.6. The molecule has 0 aliphatic rings. The minimum absolute atomic E-state index is 0.289. The summed E-state index contributed by atoms with van der Waals surface area (Å²) >= 11 is 0. The van der Waals surface area contributed by atoms with Gasteiger partial charge in [0.25, 0.3) is 0 Å². The van der Waals surface area contributed by atoms with Crippen LogP contribution in [0.1, 0.15) is 10.6 Å². The van der Waals surface area contributed by atoms with Crippen molar-refractivity contribution in [1.29, 1.82) is 0 Å². The molecule has 3 rings (SSSR count). The second-order valence-corrected chi connectivity index (χ2v) is 5.01. The summed E-state index contributed by atoms with van der Waals surface area (Å²) in [7, 11) is 2.99. The molecule has 0 atom stereocenters. The minimum Gasteiger partial charge on any atom is -0.497 e. The third-order valence-electron chi connectivity index (χ3n) is 3.71. The summed E-state index contributed by atoms with van der Waals surface area (Å²) in [6.45, 7) is 0. The first-order valence-electron chi connectivity index (χ1n) is 7.08. The van der Waals surface area contributed by atoms with Crippen LogP contribution in [0.5, 0.6) is 11.5 Å². The van der Waals surface area contributed by atoms with E-state index in [4.69, 9.17) is 13.9 Å². The average molecular weight is 326 g/mol. The van der Waals surface area contributed by atoms with Crippen molar-refractivity contribution in [3.05, 3.63) is 58.6 Å². The van der Waals surface area contributed by atoms with Gasteiger partial charge in [-0.2, -0.15) is 0 Å². The van der Waals surface area contributed by atoms with Gasteiger partial charge < -0.3 is 19.0 Å². The van der Waals surface area contributed by atoms with E-state index in [1.807, 2.05) is 0 Å². The second-order valence-electron chi connectivity index (χ2n) is 5.01. The molecule has 122 valence electrons. The zero-order chi connectivity index (χ0) is 17.3. The highest BCUT2D eigenvalue weighted by atomic mass is 16.5. The molecule has 0 radical (unpaired) electrons. The van der Waals surface area contributed by atoms with E-state index in [1.54, 1.807) is 42.5 Å². The summed E-state index contributed by atoms with van der Waals surface area (Å²) in [5.74, 6) is -0.780. The van der Waals surface area contributed by atoms with Crippen LogP contribution in [0.3, 0.4) is 0 Å². The Kier molecular flexibility index (Phi) is 3.95. The quantitative estimate of drug-likeness (QED) is 0.792. The van der Waals surface area contributed by atoms with Crippen LogP contribution in [0, 0.1) is 0 Å². The van der Waals surface area contributed by atoms with Crippen molar-refractivity contribution in [3.8, 4) is 22.6 Å². The molecule has 0 aliphatic heterocycles. The van der Waals surface area contributed by atoms with E-state index in [1.165, 1.54) is 14.2 Å². The number of fused-ring (bicyclic) bond motifs is 1. The Morgan fingerprint density at radius 2 is 1.75 bits per heavy atom. The molecule has 6 nitrogen and oxygen atoms in total. The van der Waals surface area contributed by atoms with Crippen molar-refractivity contribution in [1.82, 2.24) is 0 Å². The van der Waals surface area contributed by atoms with Gasteiger partial charge in [0.2, 0.25) is 5.76 Å². The van der Waals surface area contributed by atoms with Crippen LogP contribution in [0.15, 0.2) is 51.7 Å². The Morgan fingerprint density at radius 1 is 1.04 bits per heavy atom. The average Bonchev–Trinajstić information content (AvgIpc) is 2.61.